The molecule has 182 valence electrons. The van der Waals surface area contributed by atoms with Gasteiger partial charge in [0.2, 0.25) is 5.60 Å². The first kappa shape index (κ1) is 24.9. The molecule has 0 aliphatic rings. The number of hydrogen-bond acceptors (Lipinski definition) is 5. The molecule has 4 rings (SSSR count). The Labute approximate surface area is 209 Å². The largest absolute Gasteiger partial charge is 0.479 e. The Hall–Kier alpha value is -4.26. The van der Waals surface area contributed by atoms with E-state index < -0.39 is 35.7 Å². The van der Waals surface area contributed by atoms with Gasteiger partial charge in [-0.25, -0.2) is 9.59 Å². The van der Waals surface area contributed by atoms with Crippen LogP contribution in [0.4, 0.5) is 0 Å². The summed E-state index contributed by atoms with van der Waals surface area (Å²) in [5, 5.41) is 32.5. The number of ether oxygens (including phenoxy) is 1. The van der Waals surface area contributed by atoms with Gasteiger partial charge in [-0.05, 0) is 22.3 Å². The molecule has 0 aliphatic heterocycles. The molecule has 0 saturated heterocycles. The Morgan fingerprint density at radius 2 is 0.944 bits per heavy atom. The summed E-state index contributed by atoms with van der Waals surface area (Å²) in [4.78, 5) is 25.9. The molecular weight excluding hydrogens is 456 g/mol. The lowest BCUT2D eigenvalue weighted by Gasteiger charge is -2.37. The number of carbonyl (C=O) groups excluding carboxylic acids is 1. The van der Waals surface area contributed by atoms with Crippen LogP contribution >= 0.6 is 0 Å². The molecule has 0 bridgehead atoms. The van der Waals surface area contributed by atoms with Gasteiger partial charge in [0.15, 0.2) is 12.2 Å². The number of carbonyl (C=O) groups is 2. The Balaban J connectivity index is 1.85. The predicted octanol–water partition coefficient (Wildman–Crippen LogP) is 4.33. The highest BCUT2D eigenvalue weighted by molar-refractivity contribution is 5.90. The number of hydrogen-bond donors (Lipinski definition) is 3. The molecule has 0 amide bonds. The highest BCUT2D eigenvalue weighted by atomic mass is 16.6. The number of carboxylic acid groups (broad SMARTS) is 1. The van der Waals surface area contributed by atoms with Crippen LogP contribution in [0, 0.1) is 0 Å². The summed E-state index contributed by atoms with van der Waals surface area (Å²) in [5.41, 5.74) is -0.713. The van der Waals surface area contributed by atoms with Gasteiger partial charge in [-0.1, -0.05) is 121 Å². The van der Waals surface area contributed by atoms with E-state index in [1.807, 2.05) is 12.1 Å². The number of aliphatic carboxylic acids is 1. The predicted molar refractivity (Wildman–Crippen MR) is 134 cm³/mol. The first-order chi connectivity index (χ1) is 17.4. The Morgan fingerprint density at radius 3 is 1.28 bits per heavy atom. The fourth-order valence-corrected chi connectivity index (χ4v) is 4.35. The zero-order chi connectivity index (χ0) is 25.5. The average molecular weight is 483 g/mol. The topological polar surface area (TPSA) is 104 Å². The molecule has 0 heterocycles. The van der Waals surface area contributed by atoms with E-state index in [4.69, 9.17) is 4.74 Å². The van der Waals surface area contributed by atoms with Gasteiger partial charge in [-0.3, -0.25) is 0 Å². The Bertz CT molecular complexity index is 1200. The van der Waals surface area contributed by atoms with Crippen LogP contribution in [-0.2, 0) is 14.3 Å². The third-order valence-electron chi connectivity index (χ3n) is 6.11. The van der Waals surface area contributed by atoms with Crippen molar-refractivity contribution in [3.63, 3.8) is 0 Å². The van der Waals surface area contributed by atoms with E-state index in [1.165, 1.54) is 0 Å². The summed E-state index contributed by atoms with van der Waals surface area (Å²) in [6.45, 7) is 0. The van der Waals surface area contributed by atoms with Crippen LogP contribution in [0.3, 0.4) is 0 Å². The number of aliphatic hydroxyl groups is 2. The molecule has 6 heteroatoms. The quantitative estimate of drug-likeness (QED) is 0.307. The average Bonchev–Trinajstić information content (AvgIpc) is 2.93. The molecule has 0 aromatic heterocycles. The van der Waals surface area contributed by atoms with Gasteiger partial charge in [0.05, 0.1) is 5.92 Å². The summed E-state index contributed by atoms with van der Waals surface area (Å²) >= 11 is 0. The van der Waals surface area contributed by atoms with Crippen molar-refractivity contribution < 1.29 is 29.6 Å². The molecule has 0 fully saturated rings. The third-order valence-corrected chi connectivity index (χ3v) is 6.11. The molecule has 6 nitrogen and oxygen atoms in total. The van der Waals surface area contributed by atoms with Crippen LogP contribution in [0.5, 0.6) is 0 Å². The number of esters is 1. The first-order valence-corrected chi connectivity index (χ1v) is 11.5. The van der Waals surface area contributed by atoms with Crippen molar-refractivity contribution in [1.82, 2.24) is 0 Å². The molecule has 2 atom stereocenters. The zero-order valence-electron chi connectivity index (χ0n) is 19.3. The minimum absolute atomic E-state index is 0.444. The maximum atomic E-state index is 13.9. The summed E-state index contributed by atoms with van der Waals surface area (Å²) in [5.74, 6) is -4.24. The van der Waals surface area contributed by atoms with E-state index in [0.29, 0.717) is 22.3 Å². The highest BCUT2D eigenvalue weighted by Crippen LogP contribution is 2.40. The normalized spacial score (nSPS) is 13.7. The van der Waals surface area contributed by atoms with Crippen molar-refractivity contribution in [1.29, 1.82) is 0 Å². The lowest BCUT2D eigenvalue weighted by atomic mass is 9.74. The fraction of sp³-hybridized carbons (Fsp3) is 0.133. The SMILES string of the molecule is O=C(O)C(O)C(O)(C(=O)OC(c1ccccc1)c1ccccc1)C(c1ccccc1)c1ccccc1. The maximum absolute atomic E-state index is 13.9. The highest BCUT2D eigenvalue weighted by Gasteiger charge is 2.56. The number of benzene rings is 4. The van der Waals surface area contributed by atoms with Gasteiger partial charge in [-0.2, -0.15) is 0 Å². The Morgan fingerprint density at radius 1 is 0.611 bits per heavy atom. The van der Waals surface area contributed by atoms with Gasteiger partial charge in [0.25, 0.3) is 0 Å². The van der Waals surface area contributed by atoms with Gasteiger partial charge < -0.3 is 20.1 Å². The van der Waals surface area contributed by atoms with Crippen LogP contribution < -0.4 is 0 Å². The smallest absolute Gasteiger partial charge is 0.343 e. The zero-order valence-corrected chi connectivity index (χ0v) is 19.3. The Kier molecular flexibility index (Phi) is 7.59. The second-order valence-electron chi connectivity index (χ2n) is 8.43. The lowest BCUT2D eigenvalue weighted by Crippen LogP contribution is -2.58. The van der Waals surface area contributed by atoms with Crippen molar-refractivity contribution >= 4 is 11.9 Å². The minimum atomic E-state index is -2.85. The number of rotatable bonds is 9. The van der Waals surface area contributed by atoms with Crippen molar-refractivity contribution in [2.75, 3.05) is 0 Å². The molecule has 0 spiro atoms. The third kappa shape index (κ3) is 5.05. The second kappa shape index (κ2) is 11.0. The van der Waals surface area contributed by atoms with Crippen LogP contribution in [0.2, 0.25) is 0 Å². The van der Waals surface area contributed by atoms with Crippen LogP contribution in [0.1, 0.15) is 34.3 Å². The second-order valence-corrected chi connectivity index (χ2v) is 8.43. The minimum Gasteiger partial charge on any atom is -0.479 e. The van der Waals surface area contributed by atoms with Crippen molar-refractivity contribution in [3.8, 4) is 0 Å². The maximum Gasteiger partial charge on any atom is 0.343 e. The lowest BCUT2D eigenvalue weighted by molar-refractivity contribution is -0.193. The first-order valence-electron chi connectivity index (χ1n) is 11.5. The summed E-state index contributed by atoms with van der Waals surface area (Å²) in [7, 11) is 0. The van der Waals surface area contributed by atoms with Crippen LogP contribution in [0.15, 0.2) is 121 Å². The van der Waals surface area contributed by atoms with Gasteiger partial charge >= 0.3 is 11.9 Å². The molecule has 0 radical (unpaired) electrons. The van der Waals surface area contributed by atoms with E-state index in [0.717, 1.165) is 0 Å². The summed E-state index contributed by atoms with van der Waals surface area (Å²) in [6, 6.07) is 34.9. The standard InChI is InChI=1S/C30H26O6/c31-27(28(32)33)30(35,25(21-13-5-1-6-14-21)22-15-7-2-8-16-22)29(34)36-26(23-17-9-3-10-18-23)24-19-11-4-12-20-24/h1-20,25-27,31,35H,(H,32,33). The molecule has 0 aliphatic carbocycles. The molecule has 0 saturated carbocycles. The van der Waals surface area contributed by atoms with Crippen molar-refractivity contribution in [3.05, 3.63) is 144 Å². The molecule has 4 aromatic rings. The summed E-state index contributed by atoms with van der Waals surface area (Å²) in [6.07, 6.45) is -3.41. The fourth-order valence-electron chi connectivity index (χ4n) is 4.35. The summed E-state index contributed by atoms with van der Waals surface area (Å²) < 4.78 is 5.87. The van der Waals surface area contributed by atoms with Gasteiger partial charge in [0, 0.05) is 0 Å². The molecular formula is C30H26O6. The van der Waals surface area contributed by atoms with Crippen molar-refractivity contribution in [2.45, 2.75) is 23.7 Å². The molecule has 2 unspecified atom stereocenters. The van der Waals surface area contributed by atoms with E-state index in [1.54, 1.807) is 109 Å². The molecule has 4 aromatic carbocycles. The van der Waals surface area contributed by atoms with E-state index in [9.17, 15) is 24.9 Å². The van der Waals surface area contributed by atoms with Gasteiger partial charge in [-0.15, -0.1) is 0 Å². The van der Waals surface area contributed by atoms with E-state index >= 15 is 0 Å². The van der Waals surface area contributed by atoms with Crippen LogP contribution in [0.25, 0.3) is 0 Å². The molecule has 3 N–H and O–H groups in total. The van der Waals surface area contributed by atoms with E-state index in [2.05, 4.69) is 0 Å². The van der Waals surface area contributed by atoms with Crippen molar-refractivity contribution in [2.24, 2.45) is 0 Å². The van der Waals surface area contributed by atoms with E-state index in [-0.39, 0.29) is 0 Å². The molecule has 36 heavy (non-hydrogen) atoms. The van der Waals surface area contributed by atoms with Crippen LogP contribution in [-0.4, -0.2) is 39.0 Å². The van der Waals surface area contributed by atoms with Gasteiger partial charge in [0.1, 0.15) is 0 Å². The number of aliphatic hydroxyl groups excluding tert-OH is 1. The monoisotopic (exact) mass is 482 g/mol. The number of carboxylic acids is 1.